The van der Waals surface area contributed by atoms with Gasteiger partial charge < -0.3 is 126 Å². The number of hydrogen-bond acceptors (Lipinski definition) is 23. The number of aliphatic carboxylic acids is 2. The first kappa shape index (κ1) is 100.0. The molecule has 6 heterocycles. The SMILES string of the molecule is CCCC[C@@H]1C(=O)N(C)[C@H](CCCC)C(=O)N[C@@H](CN)C(=O)N[C@@H](C(=O)NCC(N)=O)CSCC(=O)N[C@@H](Cc2ccc(O)cc2)C(=O)N2CCCC2C(=O)N[C@H](CC(=O)O)C(=O)N2CCC[C@H]2C(=O)N[C@H](CN)C(=O)N[C@@H](CC(=O)O)C(=O)N2CCCC2C(=O)N[C@H](Cc2c[nH]c3ccccc23)C(=O)N[C@@H](CCCN)C(=O)N[C@@H](Cc2c[nH]c3ccccc23)C(=O)N1C. The zero-order chi connectivity index (χ0) is 93.9. The Bertz CT molecular complexity index is 4890. The lowest BCUT2D eigenvalue weighted by Crippen LogP contribution is -2.62. The lowest BCUT2D eigenvalue weighted by atomic mass is 9.99. The first-order valence-electron chi connectivity index (χ1n) is 43.4. The van der Waals surface area contributed by atoms with Crippen LogP contribution in [0.1, 0.15) is 133 Å². The van der Waals surface area contributed by atoms with E-state index in [4.69, 9.17) is 22.9 Å². The molecular formula is C86H119N21O21S. The second-order valence-corrected chi connectivity index (χ2v) is 33.7. The lowest BCUT2D eigenvalue weighted by Gasteiger charge is -2.36. The van der Waals surface area contributed by atoms with E-state index in [1.165, 1.54) is 43.3 Å². The number of unbranched alkanes of at least 4 members (excludes halogenated alkanes) is 2. The molecule has 9 rings (SSSR count). The Balaban J connectivity index is 1.07. The number of rotatable bonds is 24. The first-order chi connectivity index (χ1) is 61.7. The number of para-hydroxylation sites is 2. The highest BCUT2D eigenvalue weighted by atomic mass is 32.2. The fraction of sp³-hybridized carbons (Fsp3) is 0.535. The predicted octanol–water partition coefficient (Wildman–Crippen LogP) is -3.29. The van der Waals surface area contributed by atoms with Crippen LogP contribution in [0.2, 0.25) is 0 Å². The molecule has 16 amide bonds. The summed E-state index contributed by atoms with van der Waals surface area (Å²) in [6, 6.07) is -2.11. The van der Waals surface area contributed by atoms with Crippen molar-refractivity contribution in [3.05, 3.63) is 102 Å². The average Bonchev–Trinajstić information content (AvgIpc) is 1.69. The second kappa shape index (κ2) is 47.9. The number of nitrogens with one attached hydrogen (secondary N) is 12. The van der Waals surface area contributed by atoms with Crippen LogP contribution in [0.3, 0.4) is 0 Å². The molecule has 43 heteroatoms. The van der Waals surface area contributed by atoms with E-state index in [0.29, 0.717) is 64.2 Å². The summed E-state index contributed by atoms with van der Waals surface area (Å²) in [5.41, 5.74) is 26.6. The van der Waals surface area contributed by atoms with E-state index in [9.17, 15) is 77.6 Å². The third kappa shape index (κ3) is 26.9. The van der Waals surface area contributed by atoms with Crippen molar-refractivity contribution in [2.24, 2.45) is 22.9 Å². The smallest absolute Gasteiger partial charge is 0.305 e. The number of aromatic nitrogens is 2. The summed E-state index contributed by atoms with van der Waals surface area (Å²) in [6.07, 6.45) is 2.43. The molecule has 3 aromatic carbocycles. The van der Waals surface area contributed by atoms with Gasteiger partial charge in [0.25, 0.3) is 0 Å². The first-order valence-corrected chi connectivity index (χ1v) is 44.6. The number of aromatic hydroxyl groups is 1. The summed E-state index contributed by atoms with van der Waals surface area (Å²) in [5, 5.41) is 57.9. The number of likely N-dealkylation sites (N-methyl/N-ethyl adjacent to an activating group) is 2. The number of carbonyl (C=O) groups is 18. The average molecular weight is 1820 g/mol. The lowest BCUT2D eigenvalue weighted by molar-refractivity contribution is -0.149. The highest BCUT2D eigenvalue weighted by Crippen LogP contribution is 2.28. The fourth-order valence-electron chi connectivity index (χ4n) is 16.5. The summed E-state index contributed by atoms with van der Waals surface area (Å²) in [4.78, 5) is 272. The van der Waals surface area contributed by atoms with E-state index >= 15 is 24.0 Å². The van der Waals surface area contributed by atoms with E-state index in [1.54, 1.807) is 60.9 Å². The minimum Gasteiger partial charge on any atom is -0.508 e. The Morgan fingerprint density at radius 3 is 1.37 bits per heavy atom. The molecule has 2 aromatic heterocycles. The molecule has 23 N–H and O–H groups in total. The van der Waals surface area contributed by atoms with Crippen LogP contribution >= 0.6 is 11.8 Å². The van der Waals surface area contributed by atoms with Crippen LogP contribution in [0.4, 0.5) is 0 Å². The molecule has 5 aromatic rings. The normalized spacial score (nSPS) is 25.2. The van der Waals surface area contributed by atoms with Crippen LogP contribution in [0, 0.1) is 0 Å². The van der Waals surface area contributed by atoms with Gasteiger partial charge in [-0.15, -0.1) is 11.8 Å². The van der Waals surface area contributed by atoms with Gasteiger partial charge in [0.05, 0.1) is 25.1 Å². The van der Waals surface area contributed by atoms with E-state index in [0.717, 1.165) is 31.4 Å². The summed E-state index contributed by atoms with van der Waals surface area (Å²) in [7, 11) is 2.72. The number of H-pyrrole nitrogens is 2. The Hall–Kier alpha value is -12.8. The van der Waals surface area contributed by atoms with E-state index in [-0.39, 0.29) is 115 Å². The highest BCUT2D eigenvalue weighted by molar-refractivity contribution is 8.00. The van der Waals surface area contributed by atoms with Crippen LogP contribution in [-0.2, 0) is 106 Å². The van der Waals surface area contributed by atoms with Crippen molar-refractivity contribution in [1.29, 1.82) is 0 Å². The topological polar surface area (TPSA) is 640 Å². The number of phenolic OH excluding ortho intramolecular Hbond substituents is 1. The molecule has 0 aliphatic carbocycles. The third-order valence-corrected chi connectivity index (χ3v) is 24.5. The Morgan fingerprint density at radius 2 is 0.876 bits per heavy atom. The van der Waals surface area contributed by atoms with Crippen molar-refractivity contribution in [2.45, 2.75) is 220 Å². The molecule has 0 radical (unpaired) electrons. The number of benzene rings is 3. The standard InChI is InChI=1S/C86H119N21O21S/c1-5-7-22-64-78(120)100-62(41-89)77(119)102-63(73(115)93-44-69(90)109)45-129-46-70(110)94-57(35-47-27-29-50(108)30-28-47)83(125)105-32-15-25-66(105)80(122)99-60(39-72(113)114)85(127)107-34-16-26-67(107)81(123)101-61(40-88)76(118)98-59(38-71(111)112)84(126)106-33-14-24-65(106)79(121)96-56(36-48-42-91-53-19-11-9-17-51(48)53)75(117)95-55(21-13-31-87)74(116)97-58(37-49-43-92-54-20-12-10-18-52(49)54)82(124)104(4)68(23-8-6-2)86(128)103(64)3/h9-12,17-20,27-30,42-43,55-68,91-92,108H,5-8,13-16,21-26,31-41,44-46,87-89H2,1-4H3,(H2,90,109)(H,93,115)(H,94,110)(H,95,117)(H,96,121)(H,97,116)(H,98,118)(H,99,122)(H,100,120)(H,101,123)(H,102,119)(H,111,112)(H,113,114)/t55-,56+,57-,58-,59-,60+,61+,62-,63+,64+,65?,66?,67-,68+/m0/s1. The fourth-order valence-corrected chi connectivity index (χ4v) is 17.4. The maximum absolute atomic E-state index is 15.7. The number of thioether (sulfide) groups is 1. The monoisotopic (exact) mass is 1810 g/mol. The van der Waals surface area contributed by atoms with E-state index in [1.807, 2.05) is 13.8 Å². The van der Waals surface area contributed by atoms with Crippen molar-refractivity contribution in [3.8, 4) is 5.75 Å². The van der Waals surface area contributed by atoms with Gasteiger partial charge in [-0.2, -0.15) is 0 Å². The van der Waals surface area contributed by atoms with Gasteiger partial charge in [0.2, 0.25) is 94.5 Å². The predicted molar refractivity (Wildman–Crippen MR) is 470 cm³/mol. The number of amides is 16. The van der Waals surface area contributed by atoms with Crippen LogP contribution in [0.25, 0.3) is 21.8 Å². The van der Waals surface area contributed by atoms with E-state index < -0.39 is 235 Å². The molecule has 700 valence electrons. The molecular weight excluding hydrogens is 1700 g/mol. The number of primary amides is 1. The van der Waals surface area contributed by atoms with Crippen LogP contribution in [0.5, 0.6) is 5.75 Å². The summed E-state index contributed by atoms with van der Waals surface area (Å²) >= 11 is 0.762. The number of phenols is 1. The minimum absolute atomic E-state index is 0.000254. The van der Waals surface area contributed by atoms with E-state index in [2.05, 4.69) is 63.1 Å². The van der Waals surface area contributed by atoms with Gasteiger partial charge in [-0.05, 0) is 112 Å². The van der Waals surface area contributed by atoms with Crippen molar-refractivity contribution in [3.63, 3.8) is 0 Å². The maximum Gasteiger partial charge on any atom is 0.305 e. The van der Waals surface area contributed by atoms with Gasteiger partial charge in [0.15, 0.2) is 0 Å². The number of carbonyl (C=O) groups excluding carboxylic acids is 16. The number of hydrogen-bond donors (Lipinski definition) is 19. The highest BCUT2D eigenvalue weighted by Gasteiger charge is 2.47. The molecule has 14 atom stereocenters. The Labute approximate surface area is 748 Å². The minimum atomic E-state index is -1.94. The van der Waals surface area contributed by atoms with Crippen molar-refractivity contribution >= 4 is 140 Å². The van der Waals surface area contributed by atoms with Gasteiger partial charge in [0, 0.05) is 106 Å². The summed E-state index contributed by atoms with van der Waals surface area (Å²) in [6.45, 7) is 1.23. The quantitative estimate of drug-likeness (QED) is 0.0288. The molecule has 4 aliphatic heterocycles. The van der Waals surface area contributed by atoms with Gasteiger partial charge >= 0.3 is 11.9 Å². The van der Waals surface area contributed by atoms with Crippen LogP contribution in [0.15, 0.2) is 85.2 Å². The number of nitrogens with two attached hydrogens (primary N) is 4. The number of carboxylic acid groups (broad SMARTS) is 2. The van der Waals surface area contributed by atoms with Gasteiger partial charge in [-0.3, -0.25) is 86.3 Å². The third-order valence-electron chi connectivity index (χ3n) is 23.5. The zero-order valence-electron chi connectivity index (χ0n) is 72.6. The van der Waals surface area contributed by atoms with Crippen molar-refractivity contribution in [2.75, 3.05) is 71.4 Å². The number of carboxylic acids is 2. The zero-order valence-corrected chi connectivity index (χ0v) is 73.4. The number of aromatic amines is 2. The molecule has 4 aliphatic rings. The number of fused-ring (bicyclic) bond motifs is 5. The molecule has 0 saturated carbocycles. The Kier molecular flexibility index (Phi) is 37.1. The second-order valence-electron chi connectivity index (χ2n) is 32.7. The molecule has 2 unspecified atom stereocenters. The Morgan fingerprint density at radius 1 is 0.457 bits per heavy atom. The molecule has 129 heavy (non-hydrogen) atoms. The molecule has 4 saturated heterocycles. The molecule has 4 fully saturated rings. The van der Waals surface area contributed by atoms with Crippen molar-refractivity contribution in [1.82, 2.24) is 87.6 Å². The van der Waals surface area contributed by atoms with Crippen LogP contribution in [-0.4, -0.2) is 312 Å². The summed E-state index contributed by atoms with van der Waals surface area (Å²) in [5.74, 6) is -19.4. The van der Waals surface area contributed by atoms with Crippen molar-refractivity contribution < 1.29 is 102 Å². The summed E-state index contributed by atoms with van der Waals surface area (Å²) < 4.78 is 0. The molecule has 0 spiro atoms. The molecule has 42 nitrogen and oxygen atoms in total. The molecule has 0 bridgehead atoms. The maximum atomic E-state index is 15.7. The van der Waals surface area contributed by atoms with Gasteiger partial charge in [-0.1, -0.05) is 88.1 Å². The number of nitrogens with zero attached hydrogens (tertiary/aromatic N) is 5. The van der Waals surface area contributed by atoms with Crippen LogP contribution < -0.4 is 76.1 Å². The van der Waals surface area contributed by atoms with Gasteiger partial charge in [0.1, 0.15) is 90.3 Å². The largest absolute Gasteiger partial charge is 0.508 e. The van der Waals surface area contributed by atoms with Gasteiger partial charge in [-0.25, -0.2) is 0 Å².